The Morgan fingerprint density at radius 2 is 2.23 bits per heavy atom. The first-order chi connectivity index (χ1) is 6.29. The lowest BCUT2D eigenvalue weighted by Gasteiger charge is -2.00. The zero-order chi connectivity index (χ0) is 9.68. The predicted octanol–water partition coefficient (Wildman–Crippen LogP) is 2.61. The number of alkyl halides is 1. The number of aldehydes is 1. The van der Waals surface area contributed by atoms with E-state index in [9.17, 15) is 9.90 Å². The van der Waals surface area contributed by atoms with Gasteiger partial charge in [0.25, 0.3) is 0 Å². The van der Waals surface area contributed by atoms with E-state index in [1.165, 1.54) is 6.07 Å². The summed E-state index contributed by atoms with van der Waals surface area (Å²) >= 11 is 3.23. The van der Waals surface area contributed by atoms with Gasteiger partial charge >= 0.3 is 0 Å². The average molecular weight is 241 g/mol. The van der Waals surface area contributed by atoms with E-state index in [1.54, 1.807) is 18.2 Å². The molecular formula is C10H9BrO2. The third-order valence-electron chi connectivity index (χ3n) is 1.62. The molecule has 0 fully saturated rings. The molecule has 3 heteroatoms. The maximum atomic E-state index is 10.6. The van der Waals surface area contributed by atoms with Crippen LogP contribution in [0.3, 0.4) is 0 Å². The Bertz CT molecular complexity index is 332. The van der Waals surface area contributed by atoms with Gasteiger partial charge in [-0.1, -0.05) is 40.2 Å². The summed E-state index contributed by atoms with van der Waals surface area (Å²) in [6.07, 6.45) is 4.31. The summed E-state index contributed by atoms with van der Waals surface area (Å²) in [5.74, 6) is 0.0201. The molecule has 0 saturated carbocycles. The van der Waals surface area contributed by atoms with Gasteiger partial charge in [0, 0.05) is 5.33 Å². The number of carbonyl (C=O) groups excluding carboxylic acids is 1. The highest BCUT2D eigenvalue weighted by atomic mass is 79.9. The molecule has 1 aromatic rings. The molecular weight excluding hydrogens is 232 g/mol. The summed E-state index contributed by atoms with van der Waals surface area (Å²) in [5, 5.41) is 10.0. The second-order valence-electron chi connectivity index (χ2n) is 2.45. The highest BCUT2D eigenvalue weighted by molar-refractivity contribution is 9.09. The Morgan fingerprint density at radius 1 is 1.46 bits per heavy atom. The largest absolute Gasteiger partial charge is 0.507 e. The number of hydrogen-bond acceptors (Lipinski definition) is 2. The van der Waals surface area contributed by atoms with E-state index < -0.39 is 0 Å². The van der Waals surface area contributed by atoms with Crippen LogP contribution in [0.4, 0.5) is 0 Å². The Morgan fingerprint density at radius 3 is 2.85 bits per heavy atom. The van der Waals surface area contributed by atoms with Gasteiger partial charge in [0.15, 0.2) is 6.29 Å². The second kappa shape index (κ2) is 4.82. The maximum Gasteiger partial charge on any atom is 0.154 e. The average Bonchev–Trinajstić information content (AvgIpc) is 2.15. The van der Waals surface area contributed by atoms with Crippen molar-refractivity contribution in [1.29, 1.82) is 0 Å². The first kappa shape index (κ1) is 9.99. The Labute approximate surface area is 85.0 Å². The molecule has 1 N–H and O–H groups in total. The molecule has 68 valence electrons. The van der Waals surface area contributed by atoms with E-state index in [0.717, 1.165) is 10.9 Å². The minimum absolute atomic E-state index is 0.0201. The molecule has 0 aliphatic rings. The van der Waals surface area contributed by atoms with Crippen molar-refractivity contribution >= 4 is 28.3 Å². The van der Waals surface area contributed by atoms with Gasteiger partial charge in [-0.15, -0.1) is 0 Å². The normalized spacial score (nSPS) is 10.5. The highest BCUT2D eigenvalue weighted by Gasteiger charge is 2.02. The number of carbonyl (C=O) groups is 1. The van der Waals surface area contributed by atoms with Crippen molar-refractivity contribution in [1.82, 2.24) is 0 Å². The summed E-state index contributed by atoms with van der Waals surface area (Å²) < 4.78 is 0. The van der Waals surface area contributed by atoms with Crippen LogP contribution in [-0.2, 0) is 0 Å². The third-order valence-corrected chi connectivity index (χ3v) is 2.00. The van der Waals surface area contributed by atoms with Crippen molar-refractivity contribution in [3.63, 3.8) is 0 Å². The monoisotopic (exact) mass is 240 g/mol. The van der Waals surface area contributed by atoms with Gasteiger partial charge in [-0.3, -0.25) is 4.79 Å². The highest BCUT2D eigenvalue weighted by Crippen LogP contribution is 2.19. The number of hydrogen-bond donors (Lipinski definition) is 1. The van der Waals surface area contributed by atoms with E-state index in [0.29, 0.717) is 11.8 Å². The summed E-state index contributed by atoms with van der Waals surface area (Å²) in [4.78, 5) is 10.6. The molecule has 1 aromatic carbocycles. The fraction of sp³-hybridized carbons (Fsp3) is 0.100. The number of aromatic hydroxyl groups is 1. The maximum absolute atomic E-state index is 10.6. The molecule has 0 unspecified atom stereocenters. The number of halogens is 1. The topological polar surface area (TPSA) is 37.3 Å². The van der Waals surface area contributed by atoms with Gasteiger partial charge in [-0.2, -0.15) is 0 Å². The summed E-state index contributed by atoms with van der Waals surface area (Å²) in [6.45, 7) is 0. The Hall–Kier alpha value is -1.09. The van der Waals surface area contributed by atoms with E-state index in [2.05, 4.69) is 15.9 Å². The standard InChI is InChI=1S/C10H9BrO2/c11-6-2-4-8-3-1-5-10(13)9(8)7-12/h1-5,7,13H,6H2. The van der Waals surface area contributed by atoms with E-state index >= 15 is 0 Å². The van der Waals surface area contributed by atoms with E-state index in [-0.39, 0.29) is 5.75 Å². The predicted molar refractivity (Wildman–Crippen MR) is 56.3 cm³/mol. The second-order valence-corrected chi connectivity index (χ2v) is 3.10. The lowest BCUT2D eigenvalue weighted by atomic mass is 10.1. The molecule has 0 radical (unpaired) electrons. The van der Waals surface area contributed by atoms with Crippen molar-refractivity contribution in [2.75, 3.05) is 5.33 Å². The van der Waals surface area contributed by atoms with Crippen molar-refractivity contribution < 1.29 is 9.90 Å². The van der Waals surface area contributed by atoms with Gasteiger partial charge in [-0.05, 0) is 11.6 Å². The van der Waals surface area contributed by atoms with Crippen LogP contribution in [0.25, 0.3) is 6.08 Å². The molecule has 0 atom stereocenters. The first-order valence-electron chi connectivity index (χ1n) is 3.79. The SMILES string of the molecule is O=Cc1c(O)cccc1C=CCBr. The van der Waals surface area contributed by atoms with E-state index in [1.807, 2.05) is 6.08 Å². The molecule has 0 spiro atoms. The number of rotatable bonds is 3. The number of benzene rings is 1. The van der Waals surface area contributed by atoms with Crippen LogP contribution in [-0.4, -0.2) is 16.7 Å². The van der Waals surface area contributed by atoms with E-state index in [4.69, 9.17) is 0 Å². The van der Waals surface area contributed by atoms with Crippen LogP contribution in [0.2, 0.25) is 0 Å². The van der Waals surface area contributed by atoms with Gasteiger partial charge in [-0.25, -0.2) is 0 Å². The van der Waals surface area contributed by atoms with Gasteiger partial charge < -0.3 is 5.11 Å². The molecule has 13 heavy (non-hydrogen) atoms. The lowest BCUT2D eigenvalue weighted by molar-refractivity contribution is 0.112. The van der Waals surface area contributed by atoms with Gasteiger partial charge in [0.2, 0.25) is 0 Å². The zero-order valence-electron chi connectivity index (χ0n) is 6.90. The van der Waals surface area contributed by atoms with Crippen LogP contribution in [0, 0.1) is 0 Å². The molecule has 0 amide bonds. The molecule has 0 heterocycles. The summed E-state index contributed by atoms with van der Waals surface area (Å²) in [7, 11) is 0. The van der Waals surface area contributed by atoms with Crippen LogP contribution in [0.5, 0.6) is 5.75 Å². The van der Waals surface area contributed by atoms with Crippen molar-refractivity contribution in [2.24, 2.45) is 0 Å². The molecule has 0 aliphatic carbocycles. The van der Waals surface area contributed by atoms with Gasteiger partial charge in [0.05, 0.1) is 5.56 Å². The molecule has 0 bridgehead atoms. The van der Waals surface area contributed by atoms with Gasteiger partial charge in [0.1, 0.15) is 5.75 Å². The molecule has 2 nitrogen and oxygen atoms in total. The van der Waals surface area contributed by atoms with Crippen molar-refractivity contribution in [2.45, 2.75) is 0 Å². The number of allylic oxidation sites excluding steroid dienone is 1. The molecule has 0 aromatic heterocycles. The molecule has 0 saturated heterocycles. The molecule has 1 rings (SSSR count). The lowest BCUT2D eigenvalue weighted by Crippen LogP contribution is -1.86. The van der Waals surface area contributed by atoms with Crippen LogP contribution >= 0.6 is 15.9 Å². The van der Waals surface area contributed by atoms with Crippen molar-refractivity contribution in [3.05, 3.63) is 35.4 Å². The summed E-state index contributed by atoms with van der Waals surface area (Å²) in [6, 6.07) is 4.98. The Balaban J connectivity index is 3.12. The fourth-order valence-electron chi connectivity index (χ4n) is 1.02. The Kier molecular flexibility index (Phi) is 3.71. The smallest absolute Gasteiger partial charge is 0.154 e. The van der Waals surface area contributed by atoms with Crippen LogP contribution in [0.15, 0.2) is 24.3 Å². The van der Waals surface area contributed by atoms with Crippen molar-refractivity contribution in [3.8, 4) is 5.75 Å². The van der Waals surface area contributed by atoms with Crippen LogP contribution < -0.4 is 0 Å². The number of phenolic OH excluding ortho intramolecular Hbond substituents is 1. The molecule has 0 aliphatic heterocycles. The quantitative estimate of drug-likeness (QED) is 0.652. The summed E-state index contributed by atoms with van der Waals surface area (Å²) in [5.41, 5.74) is 1.06. The number of phenols is 1. The van der Waals surface area contributed by atoms with Crippen LogP contribution in [0.1, 0.15) is 15.9 Å². The third kappa shape index (κ3) is 2.42. The fourth-order valence-corrected chi connectivity index (χ4v) is 1.20. The minimum atomic E-state index is 0.0201. The first-order valence-corrected chi connectivity index (χ1v) is 4.91. The zero-order valence-corrected chi connectivity index (χ0v) is 8.49. The minimum Gasteiger partial charge on any atom is -0.507 e.